The first-order valence-corrected chi connectivity index (χ1v) is 10.2. The third kappa shape index (κ3) is 4.04. The van der Waals surface area contributed by atoms with Crippen molar-refractivity contribution in [2.45, 2.75) is 44.6 Å². The van der Waals surface area contributed by atoms with Crippen LogP contribution in [0, 0.1) is 5.92 Å². The Bertz CT molecular complexity index is 677. The second kappa shape index (κ2) is 8.19. The summed E-state index contributed by atoms with van der Waals surface area (Å²) in [4.78, 5) is 29.5. The summed E-state index contributed by atoms with van der Waals surface area (Å²) >= 11 is 0. The van der Waals surface area contributed by atoms with Crippen LogP contribution in [0.1, 0.15) is 38.5 Å². The van der Waals surface area contributed by atoms with Gasteiger partial charge in [0.25, 0.3) is 5.91 Å². The summed E-state index contributed by atoms with van der Waals surface area (Å²) in [5.74, 6) is 1.60. The highest BCUT2D eigenvalue weighted by Gasteiger charge is 2.35. The molecule has 3 heterocycles. The van der Waals surface area contributed by atoms with E-state index in [4.69, 9.17) is 9.47 Å². The summed E-state index contributed by atoms with van der Waals surface area (Å²) in [7, 11) is 0. The minimum absolute atomic E-state index is 0.0369. The number of benzene rings is 1. The number of ether oxygens (including phenoxy) is 2. The van der Waals surface area contributed by atoms with E-state index in [1.165, 1.54) is 12.8 Å². The van der Waals surface area contributed by atoms with Gasteiger partial charge in [0, 0.05) is 32.1 Å². The number of amides is 2. The normalized spacial score (nSPS) is 23.6. The quantitative estimate of drug-likeness (QED) is 0.800. The zero-order chi connectivity index (χ0) is 18.6. The average Bonchev–Trinajstić information content (AvgIpc) is 3.02. The lowest BCUT2D eigenvalue weighted by Gasteiger charge is -2.36. The summed E-state index contributed by atoms with van der Waals surface area (Å²) < 4.78 is 11.5. The molecule has 4 rings (SSSR count). The third-order valence-corrected chi connectivity index (χ3v) is 5.86. The SMILES string of the molecule is O=C(C1CCN(C(=O)C2COc3ccccc3O2)CC1)N1CCCCCC1. The van der Waals surface area contributed by atoms with Crippen molar-refractivity contribution in [3.63, 3.8) is 0 Å². The molecule has 2 fully saturated rings. The maximum atomic E-state index is 12.8. The fourth-order valence-corrected chi connectivity index (χ4v) is 4.24. The molecule has 2 amide bonds. The Balaban J connectivity index is 1.30. The van der Waals surface area contributed by atoms with Gasteiger partial charge in [0.15, 0.2) is 11.5 Å². The van der Waals surface area contributed by atoms with E-state index in [0.717, 1.165) is 38.8 Å². The van der Waals surface area contributed by atoms with Crippen LogP contribution in [0.5, 0.6) is 11.5 Å². The van der Waals surface area contributed by atoms with Crippen LogP contribution in [0.15, 0.2) is 24.3 Å². The summed E-state index contributed by atoms with van der Waals surface area (Å²) in [6.45, 7) is 3.26. The van der Waals surface area contributed by atoms with Crippen molar-refractivity contribution in [2.24, 2.45) is 5.92 Å². The molecule has 0 N–H and O–H groups in total. The molecule has 0 aliphatic carbocycles. The van der Waals surface area contributed by atoms with Gasteiger partial charge < -0.3 is 19.3 Å². The number of hydrogen-bond donors (Lipinski definition) is 0. The molecule has 3 aliphatic rings. The van der Waals surface area contributed by atoms with Crippen LogP contribution in [0.2, 0.25) is 0 Å². The number of fused-ring (bicyclic) bond motifs is 1. The van der Waals surface area contributed by atoms with Crippen molar-refractivity contribution in [3.8, 4) is 11.5 Å². The highest BCUT2D eigenvalue weighted by molar-refractivity contribution is 5.83. The zero-order valence-electron chi connectivity index (χ0n) is 15.8. The number of hydrogen-bond acceptors (Lipinski definition) is 4. The molecule has 0 spiro atoms. The first kappa shape index (κ1) is 18.1. The van der Waals surface area contributed by atoms with Gasteiger partial charge >= 0.3 is 0 Å². The lowest BCUT2D eigenvalue weighted by atomic mass is 9.94. The molecule has 2 saturated heterocycles. The molecule has 1 unspecified atom stereocenters. The fraction of sp³-hybridized carbons (Fsp3) is 0.619. The average molecular weight is 372 g/mol. The van der Waals surface area contributed by atoms with E-state index in [1.54, 1.807) is 0 Å². The van der Waals surface area contributed by atoms with E-state index < -0.39 is 6.10 Å². The van der Waals surface area contributed by atoms with E-state index in [9.17, 15) is 9.59 Å². The van der Waals surface area contributed by atoms with Gasteiger partial charge in [0.1, 0.15) is 6.61 Å². The minimum atomic E-state index is -0.599. The van der Waals surface area contributed by atoms with Gasteiger partial charge in [-0.15, -0.1) is 0 Å². The molecule has 1 aromatic rings. The maximum absolute atomic E-state index is 12.8. The summed E-state index contributed by atoms with van der Waals surface area (Å²) in [5, 5.41) is 0. The van der Waals surface area contributed by atoms with Crippen molar-refractivity contribution in [2.75, 3.05) is 32.8 Å². The lowest BCUT2D eigenvalue weighted by molar-refractivity contribution is -0.146. The number of rotatable bonds is 2. The molecule has 1 atom stereocenters. The van der Waals surface area contributed by atoms with Crippen LogP contribution in [0.25, 0.3) is 0 Å². The number of para-hydroxylation sites is 2. The first-order valence-electron chi connectivity index (χ1n) is 10.2. The van der Waals surface area contributed by atoms with Crippen molar-refractivity contribution < 1.29 is 19.1 Å². The van der Waals surface area contributed by atoms with Crippen LogP contribution in [-0.4, -0.2) is 60.5 Å². The molecule has 0 aromatic heterocycles. The van der Waals surface area contributed by atoms with Crippen LogP contribution < -0.4 is 9.47 Å². The highest BCUT2D eigenvalue weighted by atomic mass is 16.6. The van der Waals surface area contributed by atoms with E-state index in [2.05, 4.69) is 0 Å². The van der Waals surface area contributed by atoms with E-state index in [0.29, 0.717) is 24.6 Å². The topological polar surface area (TPSA) is 59.1 Å². The highest BCUT2D eigenvalue weighted by Crippen LogP contribution is 2.32. The van der Waals surface area contributed by atoms with Gasteiger partial charge in [-0.2, -0.15) is 0 Å². The number of likely N-dealkylation sites (tertiary alicyclic amines) is 2. The van der Waals surface area contributed by atoms with Crippen molar-refractivity contribution >= 4 is 11.8 Å². The molecule has 6 nitrogen and oxygen atoms in total. The number of piperidine rings is 1. The first-order chi connectivity index (χ1) is 13.2. The number of carbonyl (C=O) groups is 2. The maximum Gasteiger partial charge on any atom is 0.267 e. The van der Waals surface area contributed by atoms with Gasteiger partial charge in [-0.3, -0.25) is 9.59 Å². The van der Waals surface area contributed by atoms with Crippen molar-refractivity contribution in [3.05, 3.63) is 24.3 Å². The largest absolute Gasteiger partial charge is 0.485 e. The van der Waals surface area contributed by atoms with Gasteiger partial charge in [0.05, 0.1) is 0 Å². The van der Waals surface area contributed by atoms with E-state index >= 15 is 0 Å². The predicted molar refractivity (Wildman–Crippen MR) is 101 cm³/mol. The number of carbonyl (C=O) groups excluding carboxylic acids is 2. The summed E-state index contributed by atoms with van der Waals surface area (Å²) in [6.07, 6.45) is 5.56. The summed E-state index contributed by atoms with van der Waals surface area (Å²) in [6, 6.07) is 7.42. The second-order valence-corrected chi connectivity index (χ2v) is 7.70. The Morgan fingerprint density at radius 3 is 2.15 bits per heavy atom. The van der Waals surface area contributed by atoms with Gasteiger partial charge in [0.2, 0.25) is 12.0 Å². The number of nitrogens with zero attached hydrogens (tertiary/aromatic N) is 2. The van der Waals surface area contributed by atoms with E-state index in [1.807, 2.05) is 34.1 Å². The molecular weight excluding hydrogens is 344 g/mol. The van der Waals surface area contributed by atoms with Gasteiger partial charge in [-0.1, -0.05) is 25.0 Å². The summed E-state index contributed by atoms with van der Waals surface area (Å²) in [5.41, 5.74) is 0. The molecule has 0 saturated carbocycles. The molecule has 27 heavy (non-hydrogen) atoms. The van der Waals surface area contributed by atoms with Crippen LogP contribution in [0.3, 0.4) is 0 Å². The second-order valence-electron chi connectivity index (χ2n) is 7.70. The Morgan fingerprint density at radius 2 is 1.44 bits per heavy atom. The van der Waals surface area contributed by atoms with Crippen LogP contribution in [0.4, 0.5) is 0 Å². The Hall–Kier alpha value is -2.24. The van der Waals surface area contributed by atoms with E-state index in [-0.39, 0.29) is 24.3 Å². The molecule has 146 valence electrons. The minimum Gasteiger partial charge on any atom is -0.485 e. The molecule has 6 heteroatoms. The van der Waals surface area contributed by atoms with Crippen molar-refractivity contribution in [1.29, 1.82) is 0 Å². The van der Waals surface area contributed by atoms with Crippen LogP contribution in [-0.2, 0) is 9.59 Å². The lowest BCUT2D eigenvalue weighted by Crippen LogP contribution is -2.50. The molecule has 0 radical (unpaired) electrons. The molecule has 0 bridgehead atoms. The fourth-order valence-electron chi connectivity index (χ4n) is 4.24. The van der Waals surface area contributed by atoms with Crippen LogP contribution >= 0.6 is 0 Å². The predicted octanol–water partition coefficient (Wildman–Crippen LogP) is 2.47. The smallest absolute Gasteiger partial charge is 0.267 e. The molecule has 3 aliphatic heterocycles. The standard InChI is InChI=1S/C21H28N2O4/c24-20(22-11-5-1-2-6-12-22)16-9-13-23(14-10-16)21(25)19-15-26-17-7-3-4-8-18(17)27-19/h3-4,7-8,16,19H,1-2,5-6,9-15H2. The molecule has 1 aromatic carbocycles. The molecular formula is C21H28N2O4. The third-order valence-electron chi connectivity index (χ3n) is 5.86. The Labute approximate surface area is 160 Å². The Kier molecular flexibility index (Phi) is 5.50. The van der Waals surface area contributed by atoms with Gasteiger partial charge in [-0.25, -0.2) is 0 Å². The zero-order valence-corrected chi connectivity index (χ0v) is 15.8. The monoisotopic (exact) mass is 372 g/mol. The van der Waals surface area contributed by atoms with Crippen molar-refractivity contribution in [1.82, 2.24) is 9.80 Å². The Morgan fingerprint density at radius 1 is 0.815 bits per heavy atom. The van der Waals surface area contributed by atoms with Gasteiger partial charge in [-0.05, 0) is 37.8 Å².